The van der Waals surface area contributed by atoms with Crippen LogP contribution in [0.25, 0.3) is 5.69 Å². The Kier molecular flexibility index (Phi) is 6.49. The molecule has 0 aliphatic carbocycles. The van der Waals surface area contributed by atoms with Crippen molar-refractivity contribution in [1.82, 2.24) is 18.7 Å². The molecule has 0 aliphatic rings. The SMILES string of the molecule is CNS(=O)(=O)N(c1cc(-n2c(=O)cc(C(F)(F)F)n(N)c2=O)ccc1Cl)S(=O)(=O)NC. The average molecular weight is 507 g/mol. The minimum Gasteiger partial charge on any atom is -0.335 e. The van der Waals surface area contributed by atoms with Gasteiger partial charge in [0.25, 0.3) is 5.56 Å². The number of nitrogens with two attached hydrogens (primary N) is 1. The van der Waals surface area contributed by atoms with E-state index in [1.807, 2.05) is 0 Å². The van der Waals surface area contributed by atoms with Gasteiger partial charge in [-0.2, -0.15) is 39.5 Å². The maximum absolute atomic E-state index is 12.9. The maximum Gasteiger partial charge on any atom is 0.433 e. The monoisotopic (exact) mass is 506 g/mol. The van der Waals surface area contributed by atoms with Gasteiger partial charge < -0.3 is 5.84 Å². The first kappa shape index (κ1) is 24.7. The fourth-order valence-electron chi connectivity index (χ4n) is 2.35. The van der Waals surface area contributed by atoms with E-state index in [9.17, 15) is 39.6 Å². The van der Waals surface area contributed by atoms with Gasteiger partial charge in [-0.15, -0.1) is 3.71 Å². The molecule has 0 saturated heterocycles. The van der Waals surface area contributed by atoms with Crippen molar-refractivity contribution in [3.05, 3.63) is 55.8 Å². The summed E-state index contributed by atoms with van der Waals surface area (Å²) in [5.74, 6) is 5.16. The molecule has 1 aromatic carbocycles. The summed E-state index contributed by atoms with van der Waals surface area (Å²) >= 11 is 5.93. The average Bonchev–Trinajstić information content (AvgIpc) is 2.66. The minimum atomic E-state index is -5.12. The molecule has 0 fully saturated rings. The number of nitrogens with one attached hydrogen (secondary N) is 2. The van der Waals surface area contributed by atoms with E-state index < -0.39 is 59.9 Å². The summed E-state index contributed by atoms with van der Waals surface area (Å²) in [6.45, 7) is 0. The lowest BCUT2D eigenvalue weighted by molar-refractivity contribution is -0.143. The number of rotatable bonds is 6. The molecular formula is C13H14ClF3N6O6S2. The molecular weight excluding hydrogens is 493 g/mol. The fraction of sp³-hybridized carbons (Fsp3) is 0.231. The molecule has 1 heterocycles. The van der Waals surface area contributed by atoms with Crippen LogP contribution in [-0.2, 0) is 26.6 Å². The number of nitrogens with zero attached hydrogens (tertiary/aromatic N) is 3. The zero-order chi connectivity index (χ0) is 23.9. The van der Waals surface area contributed by atoms with Gasteiger partial charge in [-0.3, -0.25) is 4.79 Å². The Morgan fingerprint density at radius 1 is 1.03 bits per heavy atom. The molecule has 0 aliphatic heterocycles. The zero-order valence-electron chi connectivity index (χ0n) is 15.5. The predicted octanol–water partition coefficient (Wildman–Crippen LogP) is -0.880. The third-order valence-electron chi connectivity index (χ3n) is 3.77. The van der Waals surface area contributed by atoms with Gasteiger partial charge in [-0.25, -0.2) is 14.0 Å². The first-order valence-electron chi connectivity index (χ1n) is 7.77. The largest absolute Gasteiger partial charge is 0.433 e. The lowest BCUT2D eigenvalue weighted by atomic mass is 10.2. The Hall–Kier alpha value is -2.60. The van der Waals surface area contributed by atoms with E-state index >= 15 is 0 Å². The van der Waals surface area contributed by atoms with Crippen molar-refractivity contribution in [2.24, 2.45) is 0 Å². The summed E-state index contributed by atoms with van der Waals surface area (Å²) in [6, 6.07) is 2.64. The van der Waals surface area contributed by atoms with Gasteiger partial charge in [0.15, 0.2) is 5.69 Å². The highest BCUT2D eigenvalue weighted by Gasteiger charge is 2.37. The summed E-state index contributed by atoms with van der Waals surface area (Å²) in [5.41, 5.74) is -6.08. The van der Waals surface area contributed by atoms with Gasteiger partial charge in [0.2, 0.25) is 0 Å². The molecule has 2 aromatic rings. The van der Waals surface area contributed by atoms with Crippen LogP contribution in [0, 0.1) is 0 Å². The van der Waals surface area contributed by atoms with Crippen LogP contribution >= 0.6 is 11.6 Å². The van der Waals surface area contributed by atoms with Gasteiger partial charge in [0.05, 0.1) is 16.4 Å². The van der Waals surface area contributed by atoms with Crippen molar-refractivity contribution in [1.29, 1.82) is 0 Å². The number of aromatic nitrogens is 2. The quantitative estimate of drug-likeness (QED) is 0.428. The van der Waals surface area contributed by atoms with E-state index in [-0.39, 0.29) is 19.0 Å². The lowest BCUT2D eigenvalue weighted by Crippen LogP contribution is -2.48. The maximum atomic E-state index is 12.9. The third kappa shape index (κ3) is 4.54. The molecule has 0 amide bonds. The Bertz CT molecular complexity index is 1320. The van der Waals surface area contributed by atoms with Crippen LogP contribution in [-0.4, -0.2) is 40.2 Å². The van der Waals surface area contributed by atoms with Crippen LogP contribution in [0.3, 0.4) is 0 Å². The van der Waals surface area contributed by atoms with Gasteiger partial charge in [-0.05, 0) is 18.2 Å². The first-order valence-corrected chi connectivity index (χ1v) is 11.0. The Labute approximate surface area is 178 Å². The van der Waals surface area contributed by atoms with Gasteiger partial charge in [0.1, 0.15) is 0 Å². The van der Waals surface area contributed by atoms with Crippen LogP contribution < -0.4 is 30.2 Å². The molecule has 18 heteroatoms. The molecule has 0 spiro atoms. The van der Waals surface area contributed by atoms with Crippen molar-refractivity contribution >= 4 is 37.7 Å². The summed E-state index contributed by atoms with van der Waals surface area (Å²) in [4.78, 5) is 24.5. The van der Waals surface area contributed by atoms with Crippen LogP contribution in [0.5, 0.6) is 0 Å². The van der Waals surface area contributed by atoms with E-state index in [0.29, 0.717) is 6.07 Å². The molecule has 0 radical (unpaired) electrons. The van der Waals surface area contributed by atoms with Crippen molar-refractivity contribution in [3.63, 3.8) is 0 Å². The first-order chi connectivity index (χ1) is 14.1. The number of benzene rings is 1. The molecule has 1 aromatic heterocycles. The van der Waals surface area contributed by atoms with Crippen molar-refractivity contribution in [2.45, 2.75) is 6.18 Å². The van der Waals surface area contributed by atoms with Crippen LogP contribution in [0.15, 0.2) is 33.9 Å². The van der Waals surface area contributed by atoms with Gasteiger partial charge >= 0.3 is 32.3 Å². The Morgan fingerprint density at radius 3 is 2.00 bits per heavy atom. The summed E-state index contributed by atoms with van der Waals surface area (Å²) in [5, 5.41) is -0.450. The highest BCUT2D eigenvalue weighted by atomic mass is 35.5. The van der Waals surface area contributed by atoms with E-state index in [1.54, 1.807) is 9.44 Å². The molecule has 0 atom stereocenters. The number of anilines is 1. The lowest BCUT2D eigenvalue weighted by Gasteiger charge is -2.24. The summed E-state index contributed by atoms with van der Waals surface area (Å²) in [7, 11) is -7.71. The third-order valence-corrected chi connectivity index (χ3v) is 7.56. The van der Waals surface area contributed by atoms with Gasteiger partial charge in [0, 0.05) is 20.2 Å². The van der Waals surface area contributed by atoms with E-state index in [4.69, 9.17) is 17.4 Å². The topological polar surface area (TPSA) is 166 Å². The summed E-state index contributed by atoms with van der Waals surface area (Å²) in [6.07, 6.45) is -5.12. The summed E-state index contributed by atoms with van der Waals surface area (Å²) < 4.78 is 91.3. The molecule has 2 rings (SSSR count). The van der Waals surface area contributed by atoms with E-state index in [0.717, 1.165) is 26.2 Å². The van der Waals surface area contributed by atoms with Crippen LogP contribution in [0.2, 0.25) is 5.02 Å². The number of hydrogen-bond acceptors (Lipinski definition) is 7. The number of halogens is 4. The smallest absolute Gasteiger partial charge is 0.335 e. The molecule has 0 bridgehead atoms. The molecule has 172 valence electrons. The van der Waals surface area contributed by atoms with E-state index in [1.165, 1.54) is 0 Å². The van der Waals surface area contributed by atoms with Crippen molar-refractivity contribution in [3.8, 4) is 5.69 Å². The normalized spacial score (nSPS) is 12.7. The number of alkyl halides is 3. The molecule has 0 saturated carbocycles. The highest BCUT2D eigenvalue weighted by molar-refractivity contribution is 8.08. The predicted molar refractivity (Wildman–Crippen MR) is 105 cm³/mol. The minimum absolute atomic E-state index is 0.0438. The van der Waals surface area contributed by atoms with Crippen LogP contribution in [0.1, 0.15) is 5.69 Å². The Balaban J connectivity index is 2.89. The fourth-order valence-corrected chi connectivity index (χ4v) is 5.28. The number of hydrogen-bond donors (Lipinski definition) is 3. The van der Waals surface area contributed by atoms with E-state index in [2.05, 4.69) is 0 Å². The second kappa shape index (κ2) is 8.15. The van der Waals surface area contributed by atoms with Crippen molar-refractivity contribution < 1.29 is 30.0 Å². The Morgan fingerprint density at radius 2 is 1.55 bits per heavy atom. The standard InChI is InChI=1S/C13H14ClF3N6O6S2/c1-19-30(26,27)23(31(28,29)20-2)9-5-7(3-4-8(9)14)21-11(24)6-10(13(15,16)17)22(18)12(21)25/h3-6,19-20H,18H2,1-2H3. The highest BCUT2D eigenvalue weighted by Crippen LogP contribution is 2.31. The zero-order valence-corrected chi connectivity index (χ0v) is 17.9. The molecule has 4 N–H and O–H groups in total. The molecule has 31 heavy (non-hydrogen) atoms. The second-order valence-corrected chi connectivity index (χ2v) is 9.69. The molecule has 12 nitrogen and oxygen atoms in total. The van der Waals surface area contributed by atoms with Crippen molar-refractivity contribution in [2.75, 3.05) is 23.6 Å². The van der Waals surface area contributed by atoms with Gasteiger partial charge in [-0.1, -0.05) is 11.6 Å². The molecule has 0 unspecified atom stereocenters. The second-order valence-electron chi connectivity index (χ2n) is 5.60. The van der Waals surface area contributed by atoms with Crippen LogP contribution in [0.4, 0.5) is 18.9 Å². The number of nitrogen functional groups attached to an aromatic ring is 1.